The lowest BCUT2D eigenvalue weighted by atomic mass is 10.0. The Hall–Kier alpha value is -2.54. The lowest BCUT2D eigenvalue weighted by Crippen LogP contribution is -2.25. The topological polar surface area (TPSA) is 54.2 Å². The Kier molecular flexibility index (Phi) is 3.45. The maximum absolute atomic E-state index is 14.3. The highest BCUT2D eigenvalue weighted by Crippen LogP contribution is 2.39. The Morgan fingerprint density at radius 1 is 1.25 bits per heavy atom. The van der Waals surface area contributed by atoms with Crippen LogP contribution in [0.2, 0.25) is 0 Å². The van der Waals surface area contributed by atoms with Crippen LogP contribution in [0.4, 0.5) is 14.5 Å². The minimum atomic E-state index is -0.613. The summed E-state index contributed by atoms with van der Waals surface area (Å²) in [6.07, 6.45) is 3.08. The van der Waals surface area contributed by atoms with Gasteiger partial charge in [-0.2, -0.15) is 5.10 Å². The van der Waals surface area contributed by atoms with Gasteiger partial charge in [-0.15, -0.1) is 0 Å². The molecule has 0 saturated carbocycles. The van der Waals surface area contributed by atoms with Crippen LogP contribution < -0.4 is 4.90 Å². The highest BCUT2D eigenvalue weighted by Gasteiger charge is 2.35. The molecule has 0 bridgehead atoms. The molecule has 0 radical (unpaired) electrons. The number of aryl methyl sites for hydroxylation is 1. The highest BCUT2D eigenvalue weighted by atomic mass is 19.1. The van der Waals surface area contributed by atoms with E-state index in [2.05, 4.69) is 10.1 Å². The normalized spacial score (nSPS) is 20.9. The monoisotopic (exact) mass is 330 g/mol. The lowest BCUT2D eigenvalue weighted by molar-refractivity contribution is 0.194. The molecule has 24 heavy (non-hydrogen) atoms. The Labute approximate surface area is 137 Å². The molecule has 2 atom stereocenters. The Morgan fingerprint density at radius 3 is 2.92 bits per heavy atom. The van der Waals surface area contributed by atoms with E-state index in [1.54, 1.807) is 24.1 Å². The van der Waals surface area contributed by atoms with Crippen LogP contribution in [0.25, 0.3) is 11.0 Å². The van der Waals surface area contributed by atoms with Crippen LogP contribution >= 0.6 is 0 Å². The fourth-order valence-electron chi connectivity index (χ4n) is 3.43. The van der Waals surface area contributed by atoms with E-state index in [1.165, 1.54) is 6.07 Å². The Morgan fingerprint density at radius 2 is 2.08 bits per heavy atom. The summed E-state index contributed by atoms with van der Waals surface area (Å²) in [6.45, 7) is 0.342. The molecule has 3 aromatic rings. The van der Waals surface area contributed by atoms with Crippen molar-refractivity contribution in [2.45, 2.75) is 18.6 Å². The van der Waals surface area contributed by atoms with E-state index in [1.807, 2.05) is 11.0 Å². The summed E-state index contributed by atoms with van der Waals surface area (Å²) in [5.74, 6) is -0.967. The van der Waals surface area contributed by atoms with Crippen molar-refractivity contribution in [1.29, 1.82) is 0 Å². The molecule has 7 heteroatoms. The van der Waals surface area contributed by atoms with E-state index in [0.29, 0.717) is 18.6 Å². The number of rotatable bonds is 2. The molecule has 0 aliphatic carbocycles. The number of halogens is 2. The fraction of sp³-hybridized carbons (Fsp3) is 0.294. The average Bonchev–Trinajstić information content (AvgIpc) is 3.13. The van der Waals surface area contributed by atoms with Crippen molar-refractivity contribution in [3.63, 3.8) is 0 Å². The maximum atomic E-state index is 14.3. The Bertz CT molecular complexity index is 911. The number of hydrogen-bond acceptors (Lipinski definition) is 4. The predicted octanol–water partition coefficient (Wildman–Crippen LogP) is 2.56. The number of nitrogens with zero attached hydrogens (tertiary/aromatic N) is 4. The minimum absolute atomic E-state index is 0.250. The second-order valence-corrected chi connectivity index (χ2v) is 6.06. The molecule has 1 fully saturated rings. The molecule has 0 unspecified atom stereocenters. The van der Waals surface area contributed by atoms with Crippen LogP contribution in [0.3, 0.4) is 0 Å². The number of hydrogen-bond donors (Lipinski definition) is 1. The van der Waals surface area contributed by atoms with Crippen LogP contribution in [0.15, 0.2) is 36.7 Å². The molecule has 1 aromatic carbocycles. The summed E-state index contributed by atoms with van der Waals surface area (Å²) in [4.78, 5) is 6.20. The molecule has 1 aliphatic rings. The van der Waals surface area contributed by atoms with Crippen molar-refractivity contribution < 1.29 is 13.9 Å². The molecule has 0 amide bonds. The van der Waals surface area contributed by atoms with Gasteiger partial charge >= 0.3 is 0 Å². The molecule has 124 valence electrons. The molecule has 2 aromatic heterocycles. The third kappa shape index (κ3) is 2.32. The van der Waals surface area contributed by atoms with Crippen LogP contribution in [-0.4, -0.2) is 32.5 Å². The molecular formula is C17H16F2N4O. The first-order valence-electron chi connectivity index (χ1n) is 7.71. The second kappa shape index (κ2) is 5.52. The molecule has 5 nitrogen and oxygen atoms in total. The van der Waals surface area contributed by atoms with E-state index in [4.69, 9.17) is 0 Å². The smallest absolute Gasteiger partial charge is 0.159 e. The van der Waals surface area contributed by atoms with Gasteiger partial charge in [-0.1, -0.05) is 0 Å². The molecule has 0 spiro atoms. The van der Waals surface area contributed by atoms with Gasteiger partial charge < -0.3 is 10.0 Å². The van der Waals surface area contributed by atoms with E-state index < -0.39 is 23.8 Å². The van der Waals surface area contributed by atoms with Gasteiger partial charge in [0.25, 0.3) is 0 Å². The van der Waals surface area contributed by atoms with Crippen molar-refractivity contribution in [3.05, 3.63) is 53.9 Å². The number of aliphatic hydroxyl groups excluding tert-OH is 1. The number of fused-ring (bicyclic) bond motifs is 1. The minimum Gasteiger partial charge on any atom is -0.391 e. The zero-order valence-corrected chi connectivity index (χ0v) is 13.0. The second-order valence-electron chi connectivity index (χ2n) is 6.06. The number of aliphatic hydroxyl groups is 1. The van der Waals surface area contributed by atoms with E-state index in [9.17, 15) is 13.9 Å². The number of benzene rings is 1. The van der Waals surface area contributed by atoms with Gasteiger partial charge in [-0.3, -0.25) is 4.68 Å². The molecule has 1 aliphatic heterocycles. The van der Waals surface area contributed by atoms with Crippen LogP contribution in [0.5, 0.6) is 0 Å². The summed E-state index contributed by atoms with van der Waals surface area (Å²) < 4.78 is 29.5. The standard InChI is InChI=1S/C17H16F2N4O/c1-22-17-13(8-21-22)15(4-5-20-17)23-9-11(24)7-16(23)12-6-10(18)2-3-14(12)19/h2-6,8,11,16,24H,7,9H2,1H3/t11-,16+/m0/s1. The number of pyridine rings is 1. The van der Waals surface area contributed by atoms with Crippen molar-refractivity contribution in [3.8, 4) is 0 Å². The number of β-amino-alcohol motifs (C(OH)–C–C–N with tert-alkyl or cyclic N) is 1. The van der Waals surface area contributed by atoms with E-state index in [-0.39, 0.29) is 5.56 Å². The zero-order chi connectivity index (χ0) is 16.8. The van der Waals surface area contributed by atoms with Gasteiger partial charge in [0.2, 0.25) is 0 Å². The zero-order valence-electron chi connectivity index (χ0n) is 13.0. The van der Waals surface area contributed by atoms with Gasteiger partial charge in [0.15, 0.2) is 5.65 Å². The molecule has 1 N–H and O–H groups in total. The average molecular weight is 330 g/mol. The van der Waals surface area contributed by atoms with Crippen molar-refractivity contribution in [2.24, 2.45) is 7.05 Å². The first kappa shape index (κ1) is 15.0. The summed E-state index contributed by atoms with van der Waals surface area (Å²) in [5.41, 5.74) is 1.76. The fourth-order valence-corrected chi connectivity index (χ4v) is 3.43. The number of anilines is 1. The summed E-state index contributed by atoms with van der Waals surface area (Å²) in [7, 11) is 1.79. The van der Waals surface area contributed by atoms with Crippen LogP contribution in [0.1, 0.15) is 18.0 Å². The third-order valence-electron chi connectivity index (χ3n) is 4.52. The van der Waals surface area contributed by atoms with Crippen LogP contribution in [-0.2, 0) is 7.05 Å². The van der Waals surface area contributed by atoms with Crippen molar-refractivity contribution in [1.82, 2.24) is 14.8 Å². The van der Waals surface area contributed by atoms with E-state index >= 15 is 0 Å². The van der Waals surface area contributed by atoms with E-state index in [0.717, 1.165) is 23.2 Å². The van der Waals surface area contributed by atoms with Gasteiger partial charge in [-0.05, 0) is 30.7 Å². The summed E-state index contributed by atoms with van der Waals surface area (Å²) in [6, 6.07) is 4.79. The first-order valence-corrected chi connectivity index (χ1v) is 7.71. The van der Waals surface area contributed by atoms with Gasteiger partial charge in [-0.25, -0.2) is 13.8 Å². The SMILES string of the molecule is Cn1ncc2c(N3C[C@@H](O)C[C@@H]3c3cc(F)ccc3F)ccnc21. The summed E-state index contributed by atoms with van der Waals surface area (Å²) in [5, 5.41) is 15.2. The summed E-state index contributed by atoms with van der Waals surface area (Å²) >= 11 is 0. The molecule has 4 rings (SSSR count). The third-order valence-corrected chi connectivity index (χ3v) is 4.52. The predicted molar refractivity (Wildman–Crippen MR) is 85.6 cm³/mol. The van der Waals surface area contributed by atoms with Crippen molar-refractivity contribution in [2.75, 3.05) is 11.4 Å². The molecular weight excluding hydrogens is 314 g/mol. The lowest BCUT2D eigenvalue weighted by Gasteiger charge is -2.27. The Balaban J connectivity index is 1.84. The quantitative estimate of drug-likeness (QED) is 0.785. The van der Waals surface area contributed by atoms with Gasteiger partial charge in [0.1, 0.15) is 11.6 Å². The van der Waals surface area contributed by atoms with Gasteiger partial charge in [0.05, 0.1) is 29.4 Å². The maximum Gasteiger partial charge on any atom is 0.159 e. The molecule has 3 heterocycles. The number of aromatic nitrogens is 3. The van der Waals surface area contributed by atoms with Crippen LogP contribution in [0, 0.1) is 11.6 Å². The largest absolute Gasteiger partial charge is 0.391 e. The highest BCUT2D eigenvalue weighted by molar-refractivity contribution is 5.89. The first-order chi connectivity index (χ1) is 11.5. The molecule has 1 saturated heterocycles. The van der Waals surface area contributed by atoms with Gasteiger partial charge in [0, 0.05) is 25.4 Å². The van der Waals surface area contributed by atoms with Crippen molar-refractivity contribution >= 4 is 16.7 Å².